The summed E-state index contributed by atoms with van der Waals surface area (Å²) in [6, 6.07) is 6.75. The maximum absolute atomic E-state index is 11.8. The van der Waals surface area contributed by atoms with Gasteiger partial charge < -0.3 is 10.0 Å². The molecule has 1 fully saturated rings. The highest BCUT2D eigenvalue weighted by Crippen LogP contribution is 2.28. The maximum atomic E-state index is 11.8. The minimum absolute atomic E-state index is 0.0123. The maximum Gasteiger partial charge on any atom is 0.308 e. The van der Waals surface area contributed by atoms with E-state index in [1.807, 2.05) is 0 Å². The predicted octanol–water partition coefficient (Wildman–Crippen LogP) is 1.33. The summed E-state index contributed by atoms with van der Waals surface area (Å²) >= 11 is 0. The number of carbonyl (C=O) groups is 3. The number of benzene rings is 1. The topological polar surface area (TPSA) is 74.7 Å². The third-order valence-electron chi connectivity index (χ3n) is 3.05. The number of rotatable bonds is 3. The lowest BCUT2D eigenvalue weighted by molar-refractivity contribution is -0.141. The first-order chi connectivity index (χ1) is 8.50. The summed E-state index contributed by atoms with van der Waals surface area (Å²) in [5.74, 6) is -2.07. The molecule has 1 N–H and O–H groups in total. The summed E-state index contributed by atoms with van der Waals surface area (Å²) in [6.45, 7) is 1.55. The number of anilines is 1. The lowest BCUT2D eigenvalue weighted by Gasteiger charge is -2.18. The van der Waals surface area contributed by atoms with Gasteiger partial charge in [0.1, 0.15) is 0 Å². The van der Waals surface area contributed by atoms with E-state index in [9.17, 15) is 14.4 Å². The molecule has 0 aromatic heterocycles. The van der Waals surface area contributed by atoms with Gasteiger partial charge in [-0.15, -0.1) is 0 Å². The van der Waals surface area contributed by atoms with Crippen molar-refractivity contribution in [2.45, 2.75) is 13.3 Å². The molecule has 0 bridgehead atoms. The normalized spacial score (nSPS) is 19.1. The lowest BCUT2D eigenvalue weighted by Crippen LogP contribution is -2.27. The second-order valence-corrected chi connectivity index (χ2v) is 4.32. The molecule has 0 saturated carbocycles. The van der Waals surface area contributed by atoms with Crippen molar-refractivity contribution in [3.63, 3.8) is 0 Å². The van der Waals surface area contributed by atoms with Crippen LogP contribution in [0.25, 0.3) is 0 Å². The number of carbonyl (C=O) groups excluding carboxylic acids is 2. The van der Waals surface area contributed by atoms with E-state index in [1.165, 1.54) is 11.8 Å². The van der Waals surface area contributed by atoms with E-state index in [1.54, 1.807) is 24.3 Å². The molecule has 5 nitrogen and oxygen atoms in total. The van der Waals surface area contributed by atoms with E-state index in [-0.39, 0.29) is 24.7 Å². The third-order valence-corrected chi connectivity index (χ3v) is 3.05. The fourth-order valence-corrected chi connectivity index (χ4v) is 2.11. The van der Waals surface area contributed by atoms with Crippen LogP contribution >= 0.6 is 0 Å². The second-order valence-electron chi connectivity index (χ2n) is 4.32. The zero-order valence-corrected chi connectivity index (χ0v) is 9.92. The fraction of sp³-hybridized carbons (Fsp3) is 0.308. The first-order valence-electron chi connectivity index (χ1n) is 5.64. The zero-order chi connectivity index (χ0) is 13.3. The molecule has 1 unspecified atom stereocenters. The average Bonchev–Trinajstić information content (AvgIpc) is 2.71. The number of carboxylic acids is 1. The summed E-state index contributed by atoms with van der Waals surface area (Å²) in [4.78, 5) is 35.6. The number of para-hydroxylation sites is 1. The Kier molecular flexibility index (Phi) is 3.14. The average molecular weight is 247 g/mol. The molecule has 5 heteroatoms. The molecule has 0 radical (unpaired) electrons. The van der Waals surface area contributed by atoms with Crippen molar-refractivity contribution in [2.75, 3.05) is 11.4 Å². The quantitative estimate of drug-likeness (QED) is 0.817. The largest absolute Gasteiger partial charge is 0.481 e. The highest BCUT2D eigenvalue weighted by atomic mass is 16.4. The van der Waals surface area contributed by atoms with E-state index in [0.29, 0.717) is 11.3 Å². The Bertz CT molecular complexity index is 523. The van der Waals surface area contributed by atoms with E-state index in [0.717, 1.165) is 0 Å². The van der Waals surface area contributed by atoms with E-state index in [4.69, 9.17) is 5.11 Å². The molecule has 1 aromatic rings. The van der Waals surface area contributed by atoms with Crippen molar-refractivity contribution in [2.24, 2.45) is 5.92 Å². The van der Waals surface area contributed by atoms with Gasteiger partial charge in [0.15, 0.2) is 5.78 Å². The number of ketones is 1. The van der Waals surface area contributed by atoms with Gasteiger partial charge in [0.25, 0.3) is 0 Å². The standard InChI is InChI=1S/C13H13NO4/c1-8(15)10-4-2-3-5-11(10)14-7-9(13(17)18)6-12(14)16/h2-5,9H,6-7H2,1H3,(H,17,18). The monoisotopic (exact) mass is 247 g/mol. The highest BCUT2D eigenvalue weighted by Gasteiger charge is 2.36. The van der Waals surface area contributed by atoms with E-state index >= 15 is 0 Å². The van der Waals surface area contributed by atoms with Crippen LogP contribution in [0.15, 0.2) is 24.3 Å². The second kappa shape index (κ2) is 4.60. The summed E-state index contributed by atoms with van der Waals surface area (Å²) < 4.78 is 0. The minimum atomic E-state index is -0.980. The minimum Gasteiger partial charge on any atom is -0.481 e. The van der Waals surface area contributed by atoms with Crippen LogP contribution < -0.4 is 4.90 Å². The highest BCUT2D eigenvalue weighted by molar-refractivity contribution is 6.06. The Hall–Kier alpha value is -2.17. The van der Waals surface area contributed by atoms with Gasteiger partial charge in [-0.25, -0.2) is 0 Å². The number of carboxylic acid groups (broad SMARTS) is 1. The Labute approximate surface area is 104 Å². The number of amides is 1. The fourth-order valence-electron chi connectivity index (χ4n) is 2.11. The van der Waals surface area contributed by atoms with Crippen LogP contribution in [0, 0.1) is 5.92 Å². The van der Waals surface area contributed by atoms with E-state index in [2.05, 4.69) is 0 Å². The van der Waals surface area contributed by atoms with Gasteiger partial charge in [-0.05, 0) is 19.1 Å². The Balaban J connectivity index is 2.35. The summed E-state index contributed by atoms with van der Waals surface area (Å²) in [5.41, 5.74) is 0.940. The van der Waals surface area contributed by atoms with Crippen molar-refractivity contribution in [1.29, 1.82) is 0 Å². The molecule has 0 spiro atoms. The van der Waals surface area contributed by atoms with Gasteiger partial charge >= 0.3 is 5.97 Å². The summed E-state index contributed by atoms with van der Waals surface area (Å²) in [5, 5.41) is 8.93. The number of Topliss-reactive ketones (excluding diaryl/α,β-unsaturated/α-hetero) is 1. The molecular weight excluding hydrogens is 234 g/mol. The first-order valence-corrected chi connectivity index (χ1v) is 5.64. The van der Waals surface area contributed by atoms with Gasteiger partial charge in [-0.3, -0.25) is 14.4 Å². The molecule has 1 aliphatic rings. The van der Waals surface area contributed by atoms with Crippen molar-refractivity contribution in [3.05, 3.63) is 29.8 Å². The molecule has 1 saturated heterocycles. The first kappa shape index (κ1) is 12.3. The van der Waals surface area contributed by atoms with Gasteiger partial charge in [-0.2, -0.15) is 0 Å². The lowest BCUT2D eigenvalue weighted by atomic mass is 10.1. The van der Waals surface area contributed by atoms with Gasteiger partial charge in [-0.1, -0.05) is 12.1 Å². The van der Waals surface area contributed by atoms with Crippen LogP contribution in [0.1, 0.15) is 23.7 Å². The molecular formula is C13H13NO4. The number of hydrogen-bond acceptors (Lipinski definition) is 3. The zero-order valence-electron chi connectivity index (χ0n) is 9.92. The molecule has 2 rings (SSSR count). The van der Waals surface area contributed by atoms with Gasteiger partial charge in [0.05, 0.1) is 11.6 Å². The van der Waals surface area contributed by atoms with Gasteiger partial charge in [0, 0.05) is 18.5 Å². The van der Waals surface area contributed by atoms with Crippen LogP contribution in [0.3, 0.4) is 0 Å². The van der Waals surface area contributed by atoms with Crippen molar-refractivity contribution >= 4 is 23.3 Å². The smallest absolute Gasteiger partial charge is 0.308 e. The molecule has 18 heavy (non-hydrogen) atoms. The van der Waals surface area contributed by atoms with Crippen LogP contribution in [-0.2, 0) is 9.59 Å². The predicted molar refractivity (Wildman–Crippen MR) is 64.5 cm³/mol. The Morgan fingerprint density at radius 3 is 2.56 bits per heavy atom. The Morgan fingerprint density at radius 1 is 1.33 bits per heavy atom. The number of nitrogens with zero attached hydrogens (tertiary/aromatic N) is 1. The van der Waals surface area contributed by atoms with Crippen LogP contribution in [0.4, 0.5) is 5.69 Å². The molecule has 0 aliphatic carbocycles. The third kappa shape index (κ3) is 2.11. The van der Waals surface area contributed by atoms with Crippen molar-refractivity contribution in [3.8, 4) is 0 Å². The SMILES string of the molecule is CC(=O)c1ccccc1N1CC(C(=O)O)CC1=O. The van der Waals surface area contributed by atoms with Gasteiger partial charge in [0.2, 0.25) is 5.91 Å². The molecule has 94 valence electrons. The van der Waals surface area contributed by atoms with Crippen LogP contribution in [-0.4, -0.2) is 29.3 Å². The molecule has 1 amide bonds. The molecule has 1 aromatic carbocycles. The molecule has 1 heterocycles. The number of aliphatic carboxylic acids is 1. The van der Waals surface area contributed by atoms with Crippen LogP contribution in [0.5, 0.6) is 0 Å². The molecule has 1 atom stereocenters. The van der Waals surface area contributed by atoms with Crippen LogP contribution in [0.2, 0.25) is 0 Å². The van der Waals surface area contributed by atoms with E-state index < -0.39 is 11.9 Å². The number of hydrogen-bond donors (Lipinski definition) is 1. The summed E-state index contributed by atoms with van der Waals surface area (Å²) in [6.07, 6.45) is -0.0123. The van der Waals surface area contributed by atoms with Crippen molar-refractivity contribution in [1.82, 2.24) is 0 Å². The molecule has 1 aliphatic heterocycles. The Morgan fingerprint density at radius 2 is 2.00 bits per heavy atom. The van der Waals surface area contributed by atoms with Crippen molar-refractivity contribution < 1.29 is 19.5 Å². The summed E-state index contributed by atoms with van der Waals surface area (Å²) in [7, 11) is 0.